The van der Waals surface area contributed by atoms with Gasteiger partial charge in [0, 0.05) is 23.5 Å². The molecule has 0 atom stereocenters. The number of nitrogens with zero attached hydrogens (tertiary/aromatic N) is 2. The number of hydrogen-bond acceptors (Lipinski definition) is 4. The monoisotopic (exact) mass is 269 g/mol. The molecule has 0 aliphatic heterocycles. The summed E-state index contributed by atoms with van der Waals surface area (Å²) in [6.45, 7) is 0. The lowest BCUT2D eigenvalue weighted by atomic mass is 10.1. The first kappa shape index (κ1) is 13.1. The van der Waals surface area contributed by atoms with Gasteiger partial charge in [-0.25, -0.2) is 4.98 Å². The van der Waals surface area contributed by atoms with Gasteiger partial charge in [-0.1, -0.05) is 6.07 Å². The van der Waals surface area contributed by atoms with Crippen LogP contribution >= 0.6 is 0 Å². The van der Waals surface area contributed by atoms with Gasteiger partial charge in [0.1, 0.15) is 5.69 Å². The summed E-state index contributed by atoms with van der Waals surface area (Å²) in [6, 6.07) is 3.80. The van der Waals surface area contributed by atoms with Crippen LogP contribution in [0.1, 0.15) is 5.69 Å². The van der Waals surface area contributed by atoms with Crippen molar-refractivity contribution in [3.05, 3.63) is 36.3 Å². The number of nitrogen functional groups attached to an aromatic ring is 1. The summed E-state index contributed by atoms with van der Waals surface area (Å²) in [5, 5.41) is 0. The summed E-state index contributed by atoms with van der Waals surface area (Å²) in [6.07, 6.45) is -1.86. The Balaban J connectivity index is 2.35. The molecule has 2 rings (SSSR count). The highest BCUT2D eigenvalue weighted by atomic mass is 19.4. The van der Waals surface area contributed by atoms with Gasteiger partial charge in [0.2, 0.25) is 5.88 Å². The van der Waals surface area contributed by atoms with Crippen LogP contribution in [0.2, 0.25) is 0 Å². The topological polar surface area (TPSA) is 61.0 Å². The van der Waals surface area contributed by atoms with Crippen molar-refractivity contribution < 1.29 is 17.9 Å². The van der Waals surface area contributed by atoms with Crippen molar-refractivity contribution in [2.24, 2.45) is 0 Å². The number of pyridine rings is 2. The first-order valence-electron chi connectivity index (χ1n) is 5.25. The molecule has 0 spiro atoms. The minimum absolute atomic E-state index is 0.267. The number of hydrogen-bond donors (Lipinski definition) is 1. The molecule has 0 aliphatic rings. The highest BCUT2D eigenvalue weighted by molar-refractivity contribution is 5.67. The van der Waals surface area contributed by atoms with Crippen molar-refractivity contribution in [2.75, 3.05) is 12.8 Å². The van der Waals surface area contributed by atoms with Crippen LogP contribution in [0.5, 0.6) is 5.88 Å². The molecule has 0 unspecified atom stereocenters. The molecule has 2 N–H and O–H groups in total. The molecule has 19 heavy (non-hydrogen) atoms. The second-order valence-electron chi connectivity index (χ2n) is 3.75. The Morgan fingerprint density at radius 3 is 2.26 bits per heavy atom. The molecule has 0 bridgehead atoms. The Morgan fingerprint density at radius 1 is 1.11 bits per heavy atom. The number of nitrogens with two attached hydrogens (primary N) is 1. The van der Waals surface area contributed by atoms with Gasteiger partial charge < -0.3 is 10.5 Å². The lowest BCUT2D eigenvalue weighted by Crippen LogP contribution is -2.07. The molecule has 100 valence electrons. The molecule has 0 radical (unpaired) electrons. The van der Waals surface area contributed by atoms with Crippen LogP contribution in [0.25, 0.3) is 11.1 Å². The molecule has 0 amide bonds. The molecule has 4 nitrogen and oxygen atoms in total. The minimum Gasteiger partial charge on any atom is -0.480 e. The van der Waals surface area contributed by atoms with Gasteiger partial charge in [-0.3, -0.25) is 4.98 Å². The first-order chi connectivity index (χ1) is 8.91. The second-order valence-corrected chi connectivity index (χ2v) is 3.75. The van der Waals surface area contributed by atoms with E-state index in [1.165, 1.54) is 19.4 Å². The van der Waals surface area contributed by atoms with Crippen molar-refractivity contribution in [3.8, 4) is 17.0 Å². The van der Waals surface area contributed by atoms with E-state index in [0.29, 0.717) is 16.8 Å². The average Bonchev–Trinajstić information content (AvgIpc) is 2.38. The predicted octanol–water partition coefficient (Wildman–Crippen LogP) is 2.75. The predicted molar refractivity (Wildman–Crippen MR) is 63.4 cm³/mol. The molecule has 2 heterocycles. The van der Waals surface area contributed by atoms with E-state index in [1.54, 1.807) is 6.07 Å². The number of methoxy groups -OCH3 is 1. The lowest BCUT2D eigenvalue weighted by molar-refractivity contribution is -0.141. The zero-order valence-corrected chi connectivity index (χ0v) is 9.90. The summed E-state index contributed by atoms with van der Waals surface area (Å²) in [7, 11) is 1.43. The standard InChI is InChI=1S/C12H10F3N3O/c1-19-11-9(16)4-8(6-18-11)7-2-3-10(17-5-7)12(13,14)15/h2-6H,16H2,1H3. The van der Waals surface area contributed by atoms with Gasteiger partial charge in [0.25, 0.3) is 0 Å². The molecule has 0 aliphatic carbocycles. The molecule has 0 saturated heterocycles. The van der Waals surface area contributed by atoms with E-state index in [2.05, 4.69) is 9.97 Å². The van der Waals surface area contributed by atoms with Gasteiger partial charge in [0.05, 0.1) is 12.8 Å². The van der Waals surface area contributed by atoms with Crippen LogP contribution in [0.3, 0.4) is 0 Å². The van der Waals surface area contributed by atoms with Crippen LogP contribution in [0.4, 0.5) is 18.9 Å². The molecule has 0 aromatic carbocycles. The van der Waals surface area contributed by atoms with E-state index in [-0.39, 0.29) is 5.88 Å². The Morgan fingerprint density at radius 2 is 1.79 bits per heavy atom. The average molecular weight is 269 g/mol. The molecular formula is C12H10F3N3O. The fourth-order valence-corrected chi connectivity index (χ4v) is 1.53. The zero-order valence-electron chi connectivity index (χ0n) is 9.90. The molecule has 2 aromatic rings. The maximum Gasteiger partial charge on any atom is 0.433 e. The van der Waals surface area contributed by atoms with Crippen LogP contribution in [-0.4, -0.2) is 17.1 Å². The summed E-state index contributed by atoms with van der Waals surface area (Å²) in [5.74, 6) is 0.267. The zero-order chi connectivity index (χ0) is 14.0. The smallest absolute Gasteiger partial charge is 0.433 e. The number of rotatable bonds is 2. The van der Waals surface area contributed by atoms with E-state index in [9.17, 15) is 13.2 Å². The fraction of sp³-hybridized carbons (Fsp3) is 0.167. The van der Waals surface area contributed by atoms with E-state index < -0.39 is 11.9 Å². The third-order valence-electron chi connectivity index (χ3n) is 2.46. The van der Waals surface area contributed by atoms with E-state index >= 15 is 0 Å². The van der Waals surface area contributed by atoms with Gasteiger partial charge in [-0.05, 0) is 12.1 Å². The summed E-state index contributed by atoms with van der Waals surface area (Å²) < 4.78 is 42.0. The van der Waals surface area contributed by atoms with Crippen LogP contribution in [-0.2, 0) is 6.18 Å². The minimum atomic E-state index is -4.45. The van der Waals surface area contributed by atoms with Gasteiger partial charge in [0.15, 0.2) is 0 Å². The van der Waals surface area contributed by atoms with Crippen LogP contribution < -0.4 is 10.5 Å². The highest BCUT2D eigenvalue weighted by Gasteiger charge is 2.32. The fourth-order valence-electron chi connectivity index (χ4n) is 1.53. The highest BCUT2D eigenvalue weighted by Crippen LogP contribution is 2.30. The summed E-state index contributed by atoms with van der Waals surface area (Å²) in [4.78, 5) is 7.32. The normalized spacial score (nSPS) is 11.4. The van der Waals surface area contributed by atoms with Gasteiger partial charge in [-0.15, -0.1) is 0 Å². The lowest BCUT2D eigenvalue weighted by Gasteiger charge is -2.08. The Bertz CT molecular complexity index is 582. The van der Waals surface area contributed by atoms with Crippen LogP contribution in [0, 0.1) is 0 Å². The van der Waals surface area contributed by atoms with E-state index in [4.69, 9.17) is 10.5 Å². The van der Waals surface area contributed by atoms with E-state index in [1.807, 2.05) is 0 Å². The number of halogens is 3. The molecule has 7 heteroatoms. The van der Waals surface area contributed by atoms with Crippen molar-refractivity contribution in [1.82, 2.24) is 9.97 Å². The maximum atomic E-state index is 12.4. The van der Waals surface area contributed by atoms with Crippen LogP contribution in [0.15, 0.2) is 30.6 Å². The molecule has 2 aromatic heterocycles. The Hall–Kier alpha value is -2.31. The largest absolute Gasteiger partial charge is 0.480 e. The maximum absolute atomic E-state index is 12.4. The van der Waals surface area contributed by atoms with Crippen molar-refractivity contribution >= 4 is 5.69 Å². The third kappa shape index (κ3) is 2.75. The summed E-state index contributed by atoms with van der Waals surface area (Å²) in [5.41, 5.74) is 6.11. The third-order valence-corrected chi connectivity index (χ3v) is 2.46. The SMILES string of the molecule is COc1ncc(-c2ccc(C(F)(F)F)nc2)cc1N. The Labute approximate surface area is 107 Å². The Kier molecular flexibility index (Phi) is 3.28. The number of alkyl halides is 3. The van der Waals surface area contributed by atoms with Gasteiger partial charge >= 0.3 is 6.18 Å². The molecule has 0 saturated carbocycles. The molecule has 0 fully saturated rings. The second kappa shape index (κ2) is 4.75. The van der Waals surface area contributed by atoms with Crippen molar-refractivity contribution in [3.63, 3.8) is 0 Å². The van der Waals surface area contributed by atoms with Crippen molar-refractivity contribution in [1.29, 1.82) is 0 Å². The number of ether oxygens (including phenoxy) is 1. The first-order valence-corrected chi connectivity index (χ1v) is 5.25. The van der Waals surface area contributed by atoms with E-state index in [0.717, 1.165) is 12.3 Å². The quantitative estimate of drug-likeness (QED) is 0.910. The van der Waals surface area contributed by atoms with Crippen molar-refractivity contribution in [2.45, 2.75) is 6.18 Å². The summed E-state index contributed by atoms with van der Waals surface area (Å²) >= 11 is 0. The molecular weight excluding hydrogens is 259 g/mol. The number of aromatic nitrogens is 2. The van der Waals surface area contributed by atoms with Gasteiger partial charge in [-0.2, -0.15) is 13.2 Å². The number of anilines is 1.